The molecule has 0 aliphatic rings. The van der Waals surface area contributed by atoms with Gasteiger partial charge < -0.3 is 0 Å². The van der Waals surface area contributed by atoms with Gasteiger partial charge in [0.2, 0.25) is 5.78 Å². The van der Waals surface area contributed by atoms with Gasteiger partial charge in [-0.15, -0.1) is 0 Å². The number of carbonyl (C=O) groups excluding carboxylic acids is 2. The third-order valence-corrected chi connectivity index (χ3v) is 2.12. The number of aryl methyl sites for hydroxylation is 1. The molecule has 0 radical (unpaired) electrons. The summed E-state index contributed by atoms with van der Waals surface area (Å²) in [5.74, 6) is -3.72. The molecule has 16 heavy (non-hydrogen) atoms. The Morgan fingerprint density at radius 2 is 1.75 bits per heavy atom. The maximum atomic E-state index is 11.9. The average Bonchev–Trinajstić information content (AvgIpc) is 2.19. The third-order valence-electron chi connectivity index (χ3n) is 2.12. The Hall–Kier alpha value is -1.65. The van der Waals surface area contributed by atoms with Crippen molar-refractivity contribution in [3.05, 3.63) is 35.4 Å². The molecule has 0 unspecified atom stereocenters. The summed E-state index contributed by atoms with van der Waals surface area (Å²) >= 11 is 0. The molecule has 0 aliphatic carbocycles. The van der Waals surface area contributed by atoms with Crippen LogP contribution in [0.2, 0.25) is 0 Å². The van der Waals surface area contributed by atoms with Gasteiger partial charge in [0.15, 0.2) is 0 Å². The number of rotatable bonds is 3. The van der Waals surface area contributed by atoms with E-state index in [-0.39, 0.29) is 0 Å². The van der Waals surface area contributed by atoms with Gasteiger partial charge in [0.05, 0.1) is 0 Å². The lowest BCUT2D eigenvalue weighted by atomic mass is 10.0. The van der Waals surface area contributed by atoms with Gasteiger partial charge in [0.25, 0.3) is 0 Å². The first kappa shape index (κ1) is 12.4. The molecule has 2 nitrogen and oxygen atoms in total. The molecule has 0 aliphatic heterocycles. The van der Waals surface area contributed by atoms with E-state index in [1.165, 1.54) is 6.07 Å². The molecule has 0 amide bonds. The summed E-state index contributed by atoms with van der Waals surface area (Å²) in [4.78, 5) is 21.6. The van der Waals surface area contributed by atoms with E-state index < -0.39 is 24.2 Å². The van der Waals surface area contributed by atoms with E-state index in [1.807, 2.05) is 0 Å². The van der Waals surface area contributed by atoms with E-state index in [0.29, 0.717) is 11.1 Å². The molecule has 1 rings (SSSR count). The van der Waals surface area contributed by atoms with Crippen molar-refractivity contribution in [3.8, 4) is 0 Å². The first-order valence-electron chi connectivity index (χ1n) is 4.51. The zero-order valence-corrected chi connectivity index (χ0v) is 8.47. The number of hydrogen-bond acceptors (Lipinski definition) is 2. The number of ketones is 2. The maximum Gasteiger partial charge on any atom is 0.458 e. The van der Waals surface area contributed by atoms with Crippen LogP contribution < -0.4 is 0 Å². The molecule has 0 fully saturated rings. The minimum atomic E-state index is -5.08. The predicted molar refractivity (Wildman–Crippen MR) is 51.0 cm³/mol. The zero-order chi connectivity index (χ0) is 12.3. The molecule has 86 valence electrons. The minimum Gasteiger partial charge on any atom is -0.290 e. The summed E-state index contributed by atoms with van der Waals surface area (Å²) in [6.07, 6.45) is -5.59. The zero-order valence-electron chi connectivity index (χ0n) is 8.47. The van der Waals surface area contributed by atoms with Gasteiger partial charge >= 0.3 is 12.0 Å². The number of benzene rings is 1. The fourth-order valence-electron chi connectivity index (χ4n) is 1.22. The second-order valence-corrected chi connectivity index (χ2v) is 3.35. The Morgan fingerprint density at radius 1 is 1.19 bits per heavy atom. The molecule has 0 atom stereocenters. The van der Waals surface area contributed by atoms with Crippen LogP contribution in [0.3, 0.4) is 0 Å². The number of carbonyl (C=O) groups is 2. The van der Waals surface area contributed by atoms with Crippen LogP contribution in [0.15, 0.2) is 24.3 Å². The highest BCUT2D eigenvalue weighted by atomic mass is 19.4. The molecule has 0 bridgehead atoms. The molecule has 0 spiro atoms. The van der Waals surface area contributed by atoms with Crippen LogP contribution in [-0.2, 0) is 16.0 Å². The topological polar surface area (TPSA) is 34.1 Å². The summed E-state index contributed by atoms with van der Waals surface area (Å²) in [6.45, 7) is 1.67. The predicted octanol–water partition coefficient (Wildman–Crippen LogP) is 2.24. The van der Waals surface area contributed by atoms with Gasteiger partial charge in [-0.2, -0.15) is 13.2 Å². The largest absolute Gasteiger partial charge is 0.458 e. The van der Waals surface area contributed by atoms with Crippen LogP contribution in [0, 0.1) is 6.92 Å². The summed E-state index contributed by atoms with van der Waals surface area (Å²) in [7, 11) is 0. The number of halogens is 3. The van der Waals surface area contributed by atoms with E-state index >= 15 is 0 Å². The molecule has 1 aromatic carbocycles. The molecule has 0 N–H and O–H groups in total. The standard InChI is InChI=1S/C11H9F3O2/c1-7-4-2-3-5-8(7)6-9(15)10(16)11(12,13)14/h2-5H,6H2,1H3. The summed E-state index contributed by atoms with van der Waals surface area (Å²) in [6, 6.07) is 6.50. The smallest absolute Gasteiger partial charge is 0.290 e. The molecule has 1 aromatic rings. The highest BCUT2D eigenvalue weighted by Gasteiger charge is 2.42. The van der Waals surface area contributed by atoms with E-state index in [9.17, 15) is 22.8 Å². The Bertz CT molecular complexity index is 421. The van der Waals surface area contributed by atoms with Crippen molar-refractivity contribution >= 4 is 11.6 Å². The maximum absolute atomic E-state index is 11.9. The number of hydrogen-bond donors (Lipinski definition) is 0. The van der Waals surface area contributed by atoms with Crippen molar-refractivity contribution < 1.29 is 22.8 Å². The van der Waals surface area contributed by atoms with Crippen molar-refractivity contribution in [2.45, 2.75) is 19.5 Å². The second kappa shape index (κ2) is 4.47. The Balaban J connectivity index is 2.81. The molecule has 5 heteroatoms. The van der Waals surface area contributed by atoms with Crippen molar-refractivity contribution in [3.63, 3.8) is 0 Å². The molecule has 0 saturated carbocycles. The highest BCUT2D eigenvalue weighted by Crippen LogP contribution is 2.18. The lowest BCUT2D eigenvalue weighted by Crippen LogP contribution is -2.32. The second-order valence-electron chi connectivity index (χ2n) is 3.35. The van der Waals surface area contributed by atoms with Gasteiger partial charge in [-0.3, -0.25) is 9.59 Å². The monoisotopic (exact) mass is 230 g/mol. The van der Waals surface area contributed by atoms with Crippen molar-refractivity contribution in [1.29, 1.82) is 0 Å². The van der Waals surface area contributed by atoms with E-state index in [0.717, 1.165) is 0 Å². The Kier molecular flexibility index (Phi) is 3.47. The van der Waals surface area contributed by atoms with Crippen molar-refractivity contribution in [1.82, 2.24) is 0 Å². The first-order valence-corrected chi connectivity index (χ1v) is 4.51. The van der Waals surface area contributed by atoms with Gasteiger partial charge in [-0.25, -0.2) is 0 Å². The summed E-state index contributed by atoms with van der Waals surface area (Å²) < 4.78 is 35.8. The molecular formula is C11H9F3O2. The van der Waals surface area contributed by atoms with Crippen LogP contribution in [0.4, 0.5) is 13.2 Å². The molecule has 0 saturated heterocycles. The Labute approximate surface area is 90.1 Å². The first-order chi connectivity index (χ1) is 7.32. The SMILES string of the molecule is Cc1ccccc1CC(=O)C(=O)C(F)(F)F. The normalized spacial score (nSPS) is 11.2. The summed E-state index contributed by atoms with van der Waals surface area (Å²) in [5.41, 5.74) is 1.12. The Morgan fingerprint density at radius 3 is 2.25 bits per heavy atom. The summed E-state index contributed by atoms with van der Waals surface area (Å²) in [5, 5.41) is 0. The fraction of sp³-hybridized carbons (Fsp3) is 0.273. The van der Waals surface area contributed by atoms with Crippen molar-refractivity contribution in [2.75, 3.05) is 0 Å². The van der Waals surface area contributed by atoms with Crippen LogP contribution >= 0.6 is 0 Å². The van der Waals surface area contributed by atoms with Gasteiger partial charge in [-0.05, 0) is 18.1 Å². The fourth-order valence-corrected chi connectivity index (χ4v) is 1.22. The third kappa shape index (κ3) is 2.92. The lowest BCUT2D eigenvalue weighted by molar-refractivity contribution is -0.174. The highest BCUT2D eigenvalue weighted by molar-refractivity contribution is 6.39. The molecule has 0 heterocycles. The van der Waals surface area contributed by atoms with Gasteiger partial charge in [-0.1, -0.05) is 24.3 Å². The molecular weight excluding hydrogens is 221 g/mol. The lowest BCUT2D eigenvalue weighted by Gasteiger charge is -2.06. The van der Waals surface area contributed by atoms with Crippen LogP contribution in [0.25, 0.3) is 0 Å². The van der Waals surface area contributed by atoms with Crippen molar-refractivity contribution in [2.24, 2.45) is 0 Å². The average molecular weight is 230 g/mol. The quantitative estimate of drug-likeness (QED) is 0.746. The van der Waals surface area contributed by atoms with Gasteiger partial charge in [0, 0.05) is 6.42 Å². The van der Waals surface area contributed by atoms with Crippen LogP contribution in [0.1, 0.15) is 11.1 Å². The van der Waals surface area contributed by atoms with E-state index in [4.69, 9.17) is 0 Å². The minimum absolute atomic E-state index is 0.435. The molecule has 0 aromatic heterocycles. The van der Waals surface area contributed by atoms with Crippen LogP contribution in [-0.4, -0.2) is 17.7 Å². The van der Waals surface area contributed by atoms with Crippen LogP contribution in [0.5, 0.6) is 0 Å². The number of Topliss-reactive ketones (excluding diaryl/α,β-unsaturated/α-hetero) is 2. The van der Waals surface area contributed by atoms with E-state index in [1.54, 1.807) is 25.1 Å². The van der Waals surface area contributed by atoms with Gasteiger partial charge in [0.1, 0.15) is 0 Å². The number of alkyl halides is 3. The van der Waals surface area contributed by atoms with E-state index in [2.05, 4.69) is 0 Å².